The Morgan fingerprint density at radius 2 is 1.46 bits per heavy atom. The van der Waals surface area contributed by atoms with Gasteiger partial charge in [0.2, 0.25) is 26.0 Å². The summed E-state index contributed by atoms with van der Waals surface area (Å²) in [4.78, 5) is 12.7. The average molecular weight is 426 g/mol. The van der Waals surface area contributed by atoms with Gasteiger partial charge in [-0.1, -0.05) is 24.3 Å². The topological polar surface area (TPSA) is 104 Å². The molecule has 0 unspecified atom stereocenters. The van der Waals surface area contributed by atoms with Crippen molar-refractivity contribution in [3.05, 3.63) is 54.6 Å². The van der Waals surface area contributed by atoms with Gasteiger partial charge in [-0.15, -0.1) is 0 Å². The molecule has 2 rings (SSSR count). The Morgan fingerprint density at radius 1 is 0.893 bits per heavy atom. The van der Waals surface area contributed by atoms with E-state index in [1.807, 2.05) is 0 Å². The van der Waals surface area contributed by atoms with E-state index in [2.05, 4.69) is 5.32 Å². The standard InChI is InChI=1S/C18H23N3O5S2/c1-14(21(28(4,25)26)16-10-6-5-7-11-16)18(22)19-15-9-8-12-17(13-15)20(2)27(3,23)24/h5-14H,1-4H3,(H,19,22)/t14-/m1/s1. The van der Waals surface area contributed by atoms with E-state index in [4.69, 9.17) is 0 Å². The summed E-state index contributed by atoms with van der Waals surface area (Å²) in [5.41, 5.74) is 1.10. The minimum atomic E-state index is -3.71. The number of hydrogen-bond acceptors (Lipinski definition) is 5. The molecule has 1 N–H and O–H groups in total. The molecule has 2 aromatic carbocycles. The van der Waals surface area contributed by atoms with Gasteiger partial charge >= 0.3 is 0 Å². The number of nitrogens with zero attached hydrogens (tertiary/aromatic N) is 2. The first-order valence-electron chi connectivity index (χ1n) is 8.30. The number of benzene rings is 2. The molecule has 28 heavy (non-hydrogen) atoms. The molecule has 0 radical (unpaired) electrons. The molecule has 0 bridgehead atoms. The predicted octanol–water partition coefficient (Wildman–Crippen LogP) is 1.88. The van der Waals surface area contributed by atoms with Gasteiger partial charge in [0.15, 0.2) is 0 Å². The lowest BCUT2D eigenvalue weighted by Gasteiger charge is -2.28. The van der Waals surface area contributed by atoms with E-state index in [0.717, 1.165) is 21.1 Å². The molecular formula is C18H23N3O5S2. The summed E-state index contributed by atoms with van der Waals surface area (Å²) < 4.78 is 50.0. The highest BCUT2D eigenvalue weighted by molar-refractivity contribution is 7.92. The van der Waals surface area contributed by atoms with Crippen molar-refractivity contribution in [1.82, 2.24) is 0 Å². The largest absolute Gasteiger partial charge is 0.324 e. The quantitative estimate of drug-likeness (QED) is 0.729. The van der Waals surface area contributed by atoms with Crippen LogP contribution in [0.5, 0.6) is 0 Å². The van der Waals surface area contributed by atoms with Crippen LogP contribution < -0.4 is 13.9 Å². The number of sulfonamides is 2. The van der Waals surface area contributed by atoms with Crippen molar-refractivity contribution in [3.8, 4) is 0 Å². The number of carbonyl (C=O) groups is 1. The molecule has 0 aromatic heterocycles. The van der Waals surface area contributed by atoms with E-state index in [0.29, 0.717) is 17.1 Å². The third-order valence-corrected chi connectivity index (χ3v) is 6.52. The van der Waals surface area contributed by atoms with Crippen LogP contribution in [0.1, 0.15) is 6.92 Å². The first kappa shape index (κ1) is 21.7. The van der Waals surface area contributed by atoms with Crippen LogP contribution in [0, 0.1) is 0 Å². The number of amides is 1. The van der Waals surface area contributed by atoms with Gasteiger partial charge < -0.3 is 5.32 Å². The molecule has 2 aromatic rings. The third kappa shape index (κ3) is 5.23. The molecule has 1 amide bonds. The predicted molar refractivity (Wildman–Crippen MR) is 112 cm³/mol. The van der Waals surface area contributed by atoms with E-state index in [1.54, 1.807) is 48.5 Å². The third-order valence-electron chi connectivity index (χ3n) is 4.07. The lowest BCUT2D eigenvalue weighted by atomic mass is 10.2. The van der Waals surface area contributed by atoms with Gasteiger partial charge in [-0.05, 0) is 37.3 Å². The van der Waals surface area contributed by atoms with Crippen molar-refractivity contribution in [1.29, 1.82) is 0 Å². The zero-order chi connectivity index (χ0) is 21.1. The molecule has 8 nitrogen and oxygen atoms in total. The summed E-state index contributed by atoms with van der Waals surface area (Å²) in [6, 6.07) is 13.6. The van der Waals surface area contributed by atoms with Gasteiger partial charge in [-0.2, -0.15) is 0 Å². The molecule has 0 aliphatic heterocycles. The van der Waals surface area contributed by atoms with Crippen LogP contribution in [0.4, 0.5) is 17.1 Å². The fourth-order valence-corrected chi connectivity index (χ4v) is 4.27. The Hall–Kier alpha value is -2.59. The molecule has 0 saturated heterocycles. The maximum absolute atomic E-state index is 12.7. The first-order chi connectivity index (χ1) is 12.9. The molecule has 1 atom stereocenters. The van der Waals surface area contributed by atoms with E-state index in [1.165, 1.54) is 20.0 Å². The summed E-state index contributed by atoms with van der Waals surface area (Å²) in [5, 5.41) is 2.64. The molecule has 10 heteroatoms. The Labute approximate surface area is 165 Å². The smallest absolute Gasteiger partial charge is 0.247 e. The summed E-state index contributed by atoms with van der Waals surface area (Å²) in [5.74, 6) is -0.548. The van der Waals surface area contributed by atoms with Gasteiger partial charge in [0.25, 0.3) is 0 Å². The van der Waals surface area contributed by atoms with Gasteiger partial charge in [-0.25, -0.2) is 16.8 Å². The minimum Gasteiger partial charge on any atom is -0.324 e. The van der Waals surface area contributed by atoms with Crippen molar-refractivity contribution >= 4 is 43.0 Å². The van der Waals surface area contributed by atoms with Crippen molar-refractivity contribution in [2.75, 3.05) is 33.5 Å². The molecule has 0 aliphatic rings. The van der Waals surface area contributed by atoms with Crippen LogP contribution in [0.15, 0.2) is 54.6 Å². The first-order valence-corrected chi connectivity index (χ1v) is 12.0. The Kier molecular flexibility index (Phi) is 6.35. The van der Waals surface area contributed by atoms with Crippen LogP contribution in [-0.2, 0) is 24.8 Å². The summed E-state index contributed by atoms with van der Waals surface area (Å²) >= 11 is 0. The SMILES string of the molecule is C[C@H](C(=O)Nc1cccc(N(C)S(C)(=O)=O)c1)N(c1ccccc1)S(C)(=O)=O. The van der Waals surface area contributed by atoms with E-state index in [9.17, 15) is 21.6 Å². The normalized spacial score (nSPS) is 12.9. The summed E-state index contributed by atoms with van der Waals surface area (Å²) in [7, 11) is -5.76. The molecule has 152 valence electrons. The van der Waals surface area contributed by atoms with Gasteiger partial charge in [-0.3, -0.25) is 13.4 Å². The maximum atomic E-state index is 12.7. The highest BCUT2D eigenvalue weighted by Crippen LogP contribution is 2.23. The molecule has 0 spiro atoms. The zero-order valence-corrected chi connectivity index (χ0v) is 17.7. The number of hydrogen-bond donors (Lipinski definition) is 1. The van der Waals surface area contributed by atoms with E-state index < -0.39 is 32.0 Å². The molecule has 0 aliphatic carbocycles. The second-order valence-corrected chi connectivity index (χ2v) is 10.2. The molecular weight excluding hydrogens is 402 g/mol. The van der Waals surface area contributed by atoms with Gasteiger partial charge in [0, 0.05) is 12.7 Å². The van der Waals surface area contributed by atoms with E-state index >= 15 is 0 Å². The Bertz CT molecular complexity index is 1050. The molecule has 0 fully saturated rings. The number of para-hydroxylation sites is 1. The highest BCUT2D eigenvalue weighted by atomic mass is 32.2. The van der Waals surface area contributed by atoms with Crippen molar-refractivity contribution in [2.24, 2.45) is 0 Å². The summed E-state index contributed by atoms with van der Waals surface area (Å²) in [6.07, 6.45) is 2.11. The lowest BCUT2D eigenvalue weighted by Crippen LogP contribution is -2.45. The Morgan fingerprint density at radius 3 is 2.00 bits per heavy atom. The van der Waals surface area contributed by atoms with Crippen LogP contribution in [0.25, 0.3) is 0 Å². The van der Waals surface area contributed by atoms with Crippen LogP contribution in [-0.4, -0.2) is 48.3 Å². The summed E-state index contributed by atoms with van der Waals surface area (Å²) in [6.45, 7) is 1.48. The van der Waals surface area contributed by atoms with Crippen LogP contribution in [0.3, 0.4) is 0 Å². The van der Waals surface area contributed by atoms with Gasteiger partial charge in [0.05, 0.1) is 23.9 Å². The number of anilines is 3. The molecule has 0 heterocycles. The Balaban J connectivity index is 2.28. The average Bonchev–Trinajstić information content (AvgIpc) is 2.60. The monoisotopic (exact) mass is 425 g/mol. The fourth-order valence-electron chi connectivity index (χ4n) is 2.60. The minimum absolute atomic E-state index is 0.353. The second kappa shape index (κ2) is 8.19. The highest BCUT2D eigenvalue weighted by Gasteiger charge is 2.29. The number of nitrogens with one attached hydrogen (secondary N) is 1. The molecule has 0 saturated carbocycles. The zero-order valence-electron chi connectivity index (χ0n) is 16.0. The number of rotatable bonds is 7. The van der Waals surface area contributed by atoms with Crippen molar-refractivity contribution in [3.63, 3.8) is 0 Å². The lowest BCUT2D eigenvalue weighted by molar-refractivity contribution is -0.116. The second-order valence-electron chi connectivity index (χ2n) is 6.34. The van der Waals surface area contributed by atoms with Crippen LogP contribution in [0.2, 0.25) is 0 Å². The van der Waals surface area contributed by atoms with Crippen molar-refractivity contribution in [2.45, 2.75) is 13.0 Å². The van der Waals surface area contributed by atoms with E-state index in [-0.39, 0.29) is 0 Å². The van der Waals surface area contributed by atoms with Gasteiger partial charge in [0.1, 0.15) is 6.04 Å². The number of carbonyl (C=O) groups excluding carboxylic acids is 1. The fraction of sp³-hybridized carbons (Fsp3) is 0.278. The van der Waals surface area contributed by atoms with Crippen molar-refractivity contribution < 1.29 is 21.6 Å². The van der Waals surface area contributed by atoms with Crippen LogP contribution >= 0.6 is 0 Å². The maximum Gasteiger partial charge on any atom is 0.247 e.